The number of carbonyl (C=O) groups excluding carboxylic acids is 2. The summed E-state index contributed by atoms with van der Waals surface area (Å²) in [6.45, 7) is 3.07. The number of benzene rings is 2. The van der Waals surface area contributed by atoms with Crippen molar-refractivity contribution in [2.75, 3.05) is 31.1 Å². The second-order valence-corrected chi connectivity index (χ2v) is 9.25. The standard InChI is InChI=1S/C24H25N3O2S/c28-21(17-7-9-19(10-8-17)27-13-3-6-23(27)29)16-26-14-11-18(12-15-26)24-25-20-4-1-2-5-22(20)30-24/h1-2,4-5,7-10,18H,3,6,11-16H2. The van der Waals surface area contributed by atoms with Gasteiger partial charge in [0.05, 0.1) is 21.8 Å². The van der Waals surface area contributed by atoms with E-state index in [1.165, 1.54) is 9.71 Å². The lowest BCUT2D eigenvalue weighted by Crippen LogP contribution is -2.36. The van der Waals surface area contributed by atoms with Crippen LogP contribution < -0.4 is 4.90 Å². The number of Topliss-reactive ketones (excluding diaryl/α,β-unsaturated/α-hetero) is 1. The molecular weight excluding hydrogens is 394 g/mol. The topological polar surface area (TPSA) is 53.5 Å². The zero-order chi connectivity index (χ0) is 20.5. The quantitative estimate of drug-likeness (QED) is 0.572. The maximum absolute atomic E-state index is 12.7. The predicted molar refractivity (Wildman–Crippen MR) is 120 cm³/mol. The van der Waals surface area contributed by atoms with Crippen molar-refractivity contribution in [1.82, 2.24) is 9.88 Å². The average Bonchev–Trinajstić information content (AvgIpc) is 3.40. The molecule has 30 heavy (non-hydrogen) atoms. The summed E-state index contributed by atoms with van der Waals surface area (Å²) in [7, 11) is 0. The van der Waals surface area contributed by atoms with Gasteiger partial charge in [-0.1, -0.05) is 12.1 Å². The Morgan fingerprint density at radius 1 is 1.03 bits per heavy atom. The Kier molecular flexibility index (Phi) is 5.35. The van der Waals surface area contributed by atoms with Gasteiger partial charge in [0.15, 0.2) is 5.78 Å². The molecule has 5 rings (SSSR count). The van der Waals surface area contributed by atoms with Crippen molar-refractivity contribution < 1.29 is 9.59 Å². The van der Waals surface area contributed by atoms with E-state index in [-0.39, 0.29) is 11.7 Å². The number of fused-ring (bicyclic) bond motifs is 1. The number of hydrogen-bond donors (Lipinski definition) is 0. The van der Waals surface area contributed by atoms with Crippen LogP contribution in [0.4, 0.5) is 5.69 Å². The summed E-state index contributed by atoms with van der Waals surface area (Å²) in [4.78, 5) is 33.5. The van der Waals surface area contributed by atoms with Crippen molar-refractivity contribution in [3.8, 4) is 0 Å². The Bertz CT molecular complexity index is 1030. The molecule has 0 aliphatic carbocycles. The molecule has 2 aliphatic heterocycles. The normalized spacial score (nSPS) is 18.4. The van der Waals surface area contributed by atoms with Crippen molar-refractivity contribution in [3.05, 3.63) is 59.1 Å². The van der Waals surface area contributed by atoms with Gasteiger partial charge in [0, 0.05) is 30.1 Å². The zero-order valence-electron chi connectivity index (χ0n) is 16.9. The van der Waals surface area contributed by atoms with Crippen LogP contribution in [-0.2, 0) is 4.79 Å². The lowest BCUT2D eigenvalue weighted by molar-refractivity contribution is -0.117. The van der Waals surface area contributed by atoms with Gasteiger partial charge in [-0.05, 0) is 68.8 Å². The number of likely N-dealkylation sites (tertiary alicyclic amines) is 1. The number of nitrogens with zero attached hydrogens (tertiary/aromatic N) is 3. The van der Waals surface area contributed by atoms with Gasteiger partial charge < -0.3 is 4.90 Å². The Hall–Kier alpha value is -2.57. The molecule has 0 radical (unpaired) electrons. The summed E-state index contributed by atoms with van der Waals surface area (Å²) in [6, 6.07) is 15.8. The average molecular weight is 420 g/mol. The van der Waals surface area contributed by atoms with Crippen molar-refractivity contribution in [2.24, 2.45) is 0 Å². The molecule has 154 valence electrons. The molecule has 0 N–H and O–H groups in total. The van der Waals surface area contributed by atoms with E-state index >= 15 is 0 Å². The van der Waals surface area contributed by atoms with Crippen LogP contribution in [0.5, 0.6) is 0 Å². The molecule has 2 fully saturated rings. The van der Waals surface area contributed by atoms with E-state index in [0.717, 1.165) is 55.7 Å². The minimum Gasteiger partial charge on any atom is -0.312 e. The van der Waals surface area contributed by atoms with Gasteiger partial charge in [0.2, 0.25) is 5.91 Å². The smallest absolute Gasteiger partial charge is 0.227 e. The van der Waals surface area contributed by atoms with E-state index in [1.54, 1.807) is 16.2 Å². The predicted octanol–water partition coefficient (Wildman–Crippen LogP) is 4.49. The van der Waals surface area contributed by atoms with Crippen LogP contribution >= 0.6 is 11.3 Å². The Morgan fingerprint density at radius 2 is 1.80 bits per heavy atom. The molecule has 2 saturated heterocycles. The molecule has 1 aromatic heterocycles. The SMILES string of the molecule is O=C(CN1CCC(c2nc3ccccc3s2)CC1)c1ccc(N2CCCC2=O)cc1. The van der Waals surface area contributed by atoms with E-state index in [2.05, 4.69) is 23.1 Å². The fourth-order valence-corrected chi connectivity index (χ4v) is 5.58. The molecule has 3 aromatic rings. The molecular formula is C24H25N3O2S. The van der Waals surface area contributed by atoms with Gasteiger partial charge in [-0.25, -0.2) is 4.98 Å². The number of para-hydroxylation sites is 1. The number of amides is 1. The molecule has 5 nitrogen and oxygen atoms in total. The van der Waals surface area contributed by atoms with Gasteiger partial charge in [-0.3, -0.25) is 14.5 Å². The van der Waals surface area contributed by atoms with E-state index < -0.39 is 0 Å². The Labute approximate surface area is 180 Å². The van der Waals surface area contributed by atoms with E-state index in [1.807, 2.05) is 30.3 Å². The lowest BCUT2D eigenvalue weighted by Gasteiger charge is -2.30. The minimum absolute atomic E-state index is 0.146. The van der Waals surface area contributed by atoms with Crippen LogP contribution in [-0.4, -0.2) is 47.8 Å². The summed E-state index contributed by atoms with van der Waals surface area (Å²) in [5.74, 6) is 0.809. The highest BCUT2D eigenvalue weighted by molar-refractivity contribution is 7.18. The Balaban J connectivity index is 1.17. The largest absolute Gasteiger partial charge is 0.312 e. The third-order valence-electron chi connectivity index (χ3n) is 6.19. The van der Waals surface area contributed by atoms with Crippen LogP contribution in [0, 0.1) is 0 Å². The first-order valence-corrected chi connectivity index (χ1v) is 11.5. The highest BCUT2D eigenvalue weighted by Gasteiger charge is 2.25. The van der Waals surface area contributed by atoms with Crippen LogP contribution in [0.25, 0.3) is 10.2 Å². The van der Waals surface area contributed by atoms with Gasteiger partial charge in [0.1, 0.15) is 0 Å². The molecule has 6 heteroatoms. The number of carbonyl (C=O) groups is 2. The summed E-state index contributed by atoms with van der Waals surface area (Å²) in [5, 5.41) is 1.23. The van der Waals surface area contributed by atoms with Crippen molar-refractivity contribution in [3.63, 3.8) is 0 Å². The molecule has 0 unspecified atom stereocenters. The monoisotopic (exact) mass is 419 g/mol. The maximum Gasteiger partial charge on any atom is 0.227 e. The number of hydrogen-bond acceptors (Lipinski definition) is 5. The van der Waals surface area contributed by atoms with Crippen LogP contribution in [0.1, 0.15) is 47.0 Å². The van der Waals surface area contributed by atoms with Gasteiger partial charge in [-0.15, -0.1) is 11.3 Å². The third kappa shape index (κ3) is 3.89. The van der Waals surface area contributed by atoms with Gasteiger partial charge >= 0.3 is 0 Å². The number of aromatic nitrogens is 1. The fourth-order valence-electron chi connectivity index (χ4n) is 4.45. The van der Waals surface area contributed by atoms with Crippen LogP contribution in [0.15, 0.2) is 48.5 Å². The molecule has 0 spiro atoms. The molecule has 0 saturated carbocycles. The molecule has 0 atom stereocenters. The van der Waals surface area contributed by atoms with Crippen LogP contribution in [0.3, 0.4) is 0 Å². The highest BCUT2D eigenvalue weighted by atomic mass is 32.1. The molecule has 3 heterocycles. The summed E-state index contributed by atoms with van der Waals surface area (Å²) < 4.78 is 1.25. The maximum atomic E-state index is 12.7. The minimum atomic E-state index is 0.146. The second-order valence-electron chi connectivity index (χ2n) is 8.19. The number of anilines is 1. The number of thiazole rings is 1. The van der Waals surface area contributed by atoms with Crippen molar-refractivity contribution in [1.29, 1.82) is 0 Å². The van der Waals surface area contributed by atoms with Gasteiger partial charge in [-0.2, -0.15) is 0 Å². The molecule has 2 aliphatic rings. The molecule has 2 aromatic carbocycles. The first kappa shape index (κ1) is 19.4. The van der Waals surface area contributed by atoms with Gasteiger partial charge in [0.25, 0.3) is 0 Å². The first-order chi connectivity index (χ1) is 14.7. The number of piperidine rings is 1. The highest BCUT2D eigenvalue weighted by Crippen LogP contribution is 2.33. The van der Waals surface area contributed by atoms with E-state index in [4.69, 9.17) is 4.98 Å². The first-order valence-electron chi connectivity index (χ1n) is 10.7. The summed E-state index contributed by atoms with van der Waals surface area (Å²) in [6.07, 6.45) is 3.62. The molecule has 0 bridgehead atoms. The van der Waals surface area contributed by atoms with Crippen molar-refractivity contribution >= 4 is 38.9 Å². The number of rotatable bonds is 5. The van der Waals surface area contributed by atoms with Crippen LogP contribution in [0.2, 0.25) is 0 Å². The second kappa shape index (κ2) is 8.28. The van der Waals surface area contributed by atoms with E-state index in [9.17, 15) is 9.59 Å². The van der Waals surface area contributed by atoms with Crippen molar-refractivity contribution in [2.45, 2.75) is 31.6 Å². The molecule has 1 amide bonds. The zero-order valence-corrected chi connectivity index (χ0v) is 17.7. The van der Waals surface area contributed by atoms with E-state index in [0.29, 0.717) is 18.9 Å². The summed E-state index contributed by atoms with van der Waals surface area (Å²) in [5.41, 5.74) is 2.71. The number of ketones is 1. The third-order valence-corrected chi connectivity index (χ3v) is 7.39. The lowest BCUT2D eigenvalue weighted by atomic mass is 9.97. The Morgan fingerprint density at radius 3 is 2.50 bits per heavy atom. The fraction of sp³-hybridized carbons (Fsp3) is 0.375. The summed E-state index contributed by atoms with van der Waals surface area (Å²) >= 11 is 1.80.